The third-order valence-corrected chi connectivity index (χ3v) is 4.93. The van der Waals surface area contributed by atoms with Crippen molar-refractivity contribution in [3.05, 3.63) is 51.0 Å². The van der Waals surface area contributed by atoms with Gasteiger partial charge in [0.05, 0.1) is 16.7 Å². The van der Waals surface area contributed by atoms with Gasteiger partial charge in [0.1, 0.15) is 5.84 Å². The molecular formula is C15H17N3S. The minimum absolute atomic E-state index is 0.214. The van der Waals surface area contributed by atoms with Gasteiger partial charge in [0.2, 0.25) is 0 Å². The SMILES string of the molecule is Cc1nc(C)c(C(C)N2Cc3ccccc3C2=N)s1. The van der Waals surface area contributed by atoms with Crippen molar-refractivity contribution >= 4 is 17.2 Å². The monoisotopic (exact) mass is 271 g/mol. The Kier molecular flexibility index (Phi) is 2.90. The third-order valence-electron chi connectivity index (χ3n) is 3.69. The van der Waals surface area contributed by atoms with Crippen molar-refractivity contribution < 1.29 is 0 Å². The van der Waals surface area contributed by atoms with Gasteiger partial charge in [-0.15, -0.1) is 11.3 Å². The number of amidine groups is 1. The first-order valence-corrected chi connectivity index (χ1v) is 7.27. The van der Waals surface area contributed by atoms with Gasteiger partial charge in [0.15, 0.2) is 0 Å². The minimum Gasteiger partial charge on any atom is -0.345 e. The molecule has 98 valence electrons. The highest BCUT2D eigenvalue weighted by Gasteiger charge is 2.29. The second-order valence-electron chi connectivity index (χ2n) is 4.99. The summed E-state index contributed by atoms with van der Waals surface area (Å²) in [4.78, 5) is 7.93. The lowest BCUT2D eigenvalue weighted by atomic mass is 10.1. The van der Waals surface area contributed by atoms with E-state index in [-0.39, 0.29) is 6.04 Å². The molecule has 0 aliphatic carbocycles. The van der Waals surface area contributed by atoms with Gasteiger partial charge in [0.25, 0.3) is 0 Å². The van der Waals surface area contributed by atoms with Crippen LogP contribution in [0.5, 0.6) is 0 Å². The molecule has 3 rings (SSSR count). The lowest BCUT2D eigenvalue weighted by molar-refractivity contribution is 0.344. The summed E-state index contributed by atoms with van der Waals surface area (Å²) < 4.78 is 0. The van der Waals surface area contributed by atoms with E-state index in [9.17, 15) is 0 Å². The molecule has 0 saturated carbocycles. The van der Waals surface area contributed by atoms with Crippen molar-refractivity contribution in [2.24, 2.45) is 0 Å². The lowest BCUT2D eigenvalue weighted by Crippen LogP contribution is -2.27. The topological polar surface area (TPSA) is 40.0 Å². The van der Waals surface area contributed by atoms with Crippen LogP contribution in [-0.2, 0) is 6.54 Å². The first-order chi connectivity index (χ1) is 9.08. The van der Waals surface area contributed by atoms with Gasteiger partial charge in [-0.3, -0.25) is 5.41 Å². The molecule has 1 unspecified atom stereocenters. The van der Waals surface area contributed by atoms with E-state index in [2.05, 4.69) is 29.8 Å². The van der Waals surface area contributed by atoms with Gasteiger partial charge in [-0.2, -0.15) is 0 Å². The van der Waals surface area contributed by atoms with Crippen LogP contribution in [0.2, 0.25) is 0 Å². The second-order valence-corrected chi connectivity index (χ2v) is 6.23. The molecule has 1 aromatic heterocycles. The maximum absolute atomic E-state index is 8.35. The minimum atomic E-state index is 0.214. The van der Waals surface area contributed by atoms with E-state index in [4.69, 9.17) is 5.41 Å². The molecule has 3 nitrogen and oxygen atoms in total. The van der Waals surface area contributed by atoms with Gasteiger partial charge in [-0.05, 0) is 26.3 Å². The van der Waals surface area contributed by atoms with E-state index in [1.807, 2.05) is 25.1 Å². The Labute approximate surface area is 117 Å². The molecule has 2 heterocycles. The van der Waals surface area contributed by atoms with Crippen molar-refractivity contribution in [2.75, 3.05) is 0 Å². The lowest BCUT2D eigenvalue weighted by Gasteiger charge is -2.25. The molecule has 0 saturated heterocycles. The highest BCUT2D eigenvalue weighted by molar-refractivity contribution is 7.11. The first kappa shape index (κ1) is 12.4. The number of hydrogen-bond acceptors (Lipinski definition) is 3. The van der Waals surface area contributed by atoms with Crippen LogP contribution in [0.15, 0.2) is 24.3 Å². The summed E-state index contributed by atoms with van der Waals surface area (Å²) in [5.74, 6) is 0.633. The largest absolute Gasteiger partial charge is 0.345 e. The van der Waals surface area contributed by atoms with Crippen molar-refractivity contribution in [2.45, 2.75) is 33.4 Å². The van der Waals surface area contributed by atoms with Crippen LogP contribution < -0.4 is 0 Å². The Morgan fingerprint density at radius 2 is 2.05 bits per heavy atom. The second kappa shape index (κ2) is 4.46. The van der Waals surface area contributed by atoms with E-state index in [0.29, 0.717) is 5.84 Å². The van der Waals surface area contributed by atoms with Crippen molar-refractivity contribution in [1.82, 2.24) is 9.88 Å². The summed E-state index contributed by atoms with van der Waals surface area (Å²) in [5.41, 5.74) is 3.41. The smallest absolute Gasteiger partial charge is 0.129 e. The zero-order valence-corrected chi connectivity index (χ0v) is 12.2. The zero-order chi connectivity index (χ0) is 13.6. The molecule has 0 spiro atoms. The molecule has 0 fully saturated rings. The molecule has 19 heavy (non-hydrogen) atoms. The summed E-state index contributed by atoms with van der Waals surface area (Å²) in [6, 6.07) is 8.41. The molecule has 0 amide bonds. The van der Waals surface area contributed by atoms with E-state index in [0.717, 1.165) is 22.8 Å². The van der Waals surface area contributed by atoms with Gasteiger partial charge >= 0.3 is 0 Å². The number of aryl methyl sites for hydroxylation is 2. The van der Waals surface area contributed by atoms with Crippen molar-refractivity contribution in [1.29, 1.82) is 5.41 Å². The van der Waals surface area contributed by atoms with Crippen molar-refractivity contribution in [3.63, 3.8) is 0 Å². The Bertz CT molecular complexity index is 645. The van der Waals surface area contributed by atoms with Crippen LogP contribution in [0, 0.1) is 19.3 Å². The standard InChI is InChI=1S/C15H17N3S/c1-9-14(19-11(3)17-9)10(2)18-8-12-6-4-5-7-13(12)15(18)16/h4-7,10,16H,8H2,1-3H3. The zero-order valence-electron chi connectivity index (χ0n) is 11.4. The van der Waals surface area contributed by atoms with Crippen molar-refractivity contribution in [3.8, 4) is 0 Å². The molecule has 1 N–H and O–H groups in total. The van der Waals surface area contributed by atoms with E-state index in [1.54, 1.807) is 11.3 Å². The number of nitrogens with zero attached hydrogens (tertiary/aromatic N) is 2. The van der Waals surface area contributed by atoms with Crippen LogP contribution in [0.4, 0.5) is 0 Å². The molecular weight excluding hydrogens is 254 g/mol. The molecule has 4 heteroatoms. The molecule has 0 radical (unpaired) electrons. The van der Waals surface area contributed by atoms with Crippen LogP contribution >= 0.6 is 11.3 Å². The molecule has 1 atom stereocenters. The third kappa shape index (κ3) is 1.96. The van der Waals surface area contributed by atoms with E-state index >= 15 is 0 Å². The number of rotatable bonds is 2. The first-order valence-electron chi connectivity index (χ1n) is 6.45. The highest BCUT2D eigenvalue weighted by Crippen LogP contribution is 2.34. The molecule has 1 aliphatic heterocycles. The normalized spacial score (nSPS) is 15.7. The Balaban J connectivity index is 1.93. The summed E-state index contributed by atoms with van der Waals surface area (Å²) in [5, 5.41) is 9.45. The van der Waals surface area contributed by atoms with Crippen LogP contribution in [0.25, 0.3) is 0 Å². The van der Waals surface area contributed by atoms with Gasteiger partial charge in [0, 0.05) is 17.0 Å². The fraction of sp³-hybridized carbons (Fsp3) is 0.333. The molecule has 0 bridgehead atoms. The summed E-state index contributed by atoms with van der Waals surface area (Å²) in [6.45, 7) is 7.09. The predicted octanol–water partition coefficient (Wildman–Crippen LogP) is 3.66. The van der Waals surface area contributed by atoms with E-state index < -0.39 is 0 Å². The fourth-order valence-corrected chi connectivity index (χ4v) is 3.71. The van der Waals surface area contributed by atoms with Gasteiger partial charge in [-0.1, -0.05) is 24.3 Å². The molecule has 1 aromatic carbocycles. The Morgan fingerprint density at radius 1 is 1.32 bits per heavy atom. The quantitative estimate of drug-likeness (QED) is 0.905. The van der Waals surface area contributed by atoms with Crippen LogP contribution in [0.1, 0.15) is 39.7 Å². The average Bonchev–Trinajstić information content (AvgIpc) is 2.90. The Morgan fingerprint density at radius 3 is 2.68 bits per heavy atom. The number of fused-ring (bicyclic) bond motifs is 1. The molecule has 2 aromatic rings. The number of nitrogens with one attached hydrogen (secondary N) is 1. The highest BCUT2D eigenvalue weighted by atomic mass is 32.1. The maximum atomic E-state index is 8.35. The number of hydrogen-bond donors (Lipinski definition) is 1. The van der Waals surface area contributed by atoms with Crippen LogP contribution in [0.3, 0.4) is 0 Å². The molecule has 1 aliphatic rings. The summed E-state index contributed by atoms with van der Waals surface area (Å²) in [7, 11) is 0. The average molecular weight is 271 g/mol. The number of thiazole rings is 1. The Hall–Kier alpha value is -1.68. The number of benzene rings is 1. The van der Waals surface area contributed by atoms with E-state index in [1.165, 1.54) is 10.4 Å². The maximum Gasteiger partial charge on any atom is 0.129 e. The summed E-state index contributed by atoms with van der Waals surface area (Å²) in [6.07, 6.45) is 0. The van der Waals surface area contributed by atoms with Gasteiger partial charge in [-0.25, -0.2) is 4.98 Å². The summed E-state index contributed by atoms with van der Waals surface area (Å²) >= 11 is 1.74. The van der Waals surface area contributed by atoms with Crippen LogP contribution in [-0.4, -0.2) is 15.7 Å². The predicted molar refractivity (Wildman–Crippen MR) is 78.8 cm³/mol. The number of aromatic nitrogens is 1. The fourth-order valence-electron chi connectivity index (χ4n) is 2.71. The van der Waals surface area contributed by atoms with Gasteiger partial charge < -0.3 is 4.90 Å².